The normalized spacial score (nSPS) is 25.1. The third-order valence-corrected chi connectivity index (χ3v) is 3.95. The average Bonchev–Trinajstić information content (AvgIpc) is 2.34. The van der Waals surface area contributed by atoms with Crippen LogP contribution in [0, 0.1) is 5.92 Å². The molecule has 0 heterocycles. The van der Waals surface area contributed by atoms with E-state index in [1.165, 1.54) is 25.7 Å². The van der Waals surface area contributed by atoms with Crippen LogP contribution in [-0.4, -0.2) is 30.3 Å². The van der Waals surface area contributed by atoms with Gasteiger partial charge in [-0.25, -0.2) is 4.79 Å². The summed E-state index contributed by atoms with van der Waals surface area (Å²) in [5.41, 5.74) is -0.433. The maximum absolute atomic E-state index is 11.7. The van der Waals surface area contributed by atoms with Gasteiger partial charge >= 0.3 is 6.09 Å². The van der Waals surface area contributed by atoms with Gasteiger partial charge in [-0.2, -0.15) is 0 Å². The first kappa shape index (κ1) is 17.3. The van der Waals surface area contributed by atoms with E-state index in [4.69, 9.17) is 4.74 Å². The minimum absolute atomic E-state index is 0.325. The predicted molar refractivity (Wildman–Crippen MR) is 82.9 cm³/mol. The molecule has 1 saturated carbocycles. The summed E-state index contributed by atoms with van der Waals surface area (Å²) in [7, 11) is 0. The maximum atomic E-state index is 11.7. The van der Waals surface area contributed by atoms with Gasteiger partial charge in [0.25, 0.3) is 0 Å². The quantitative estimate of drug-likeness (QED) is 0.813. The van der Waals surface area contributed by atoms with Crippen molar-refractivity contribution in [3.63, 3.8) is 0 Å². The van der Waals surface area contributed by atoms with Crippen LogP contribution in [0.5, 0.6) is 0 Å². The molecule has 0 aliphatic heterocycles. The number of carbonyl (C=O) groups excluding carboxylic acids is 1. The highest BCUT2D eigenvalue weighted by atomic mass is 16.6. The zero-order valence-corrected chi connectivity index (χ0v) is 13.8. The third kappa shape index (κ3) is 6.60. The molecule has 0 aromatic carbocycles. The Hall–Kier alpha value is -0.770. The van der Waals surface area contributed by atoms with Gasteiger partial charge in [0, 0.05) is 18.6 Å². The first-order valence-corrected chi connectivity index (χ1v) is 8.04. The fraction of sp³-hybridized carbons (Fsp3) is 0.938. The molecular weight excluding hydrogens is 252 g/mol. The zero-order chi connectivity index (χ0) is 15.2. The molecule has 3 atom stereocenters. The molecular formula is C16H32N2O2. The van der Waals surface area contributed by atoms with Gasteiger partial charge in [-0.05, 0) is 46.0 Å². The highest BCUT2D eigenvalue weighted by Gasteiger charge is 2.24. The largest absolute Gasteiger partial charge is 0.444 e. The molecule has 0 bridgehead atoms. The fourth-order valence-electron chi connectivity index (χ4n) is 2.71. The molecule has 1 fully saturated rings. The minimum atomic E-state index is -0.433. The molecule has 1 aliphatic carbocycles. The molecule has 2 N–H and O–H groups in total. The van der Waals surface area contributed by atoms with Gasteiger partial charge in [-0.15, -0.1) is 0 Å². The monoisotopic (exact) mass is 284 g/mol. The van der Waals surface area contributed by atoms with Crippen molar-refractivity contribution >= 4 is 6.09 Å². The van der Waals surface area contributed by atoms with E-state index >= 15 is 0 Å². The van der Waals surface area contributed by atoms with Crippen LogP contribution in [0.15, 0.2) is 0 Å². The third-order valence-electron chi connectivity index (χ3n) is 3.95. The van der Waals surface area contributed by atoms with E-state index in [0.29, 0.717) is 18.6 Å². The molecule has 1 rings (SSSR count). The summed E-state index contributed by atoms with van der Waals surface area (Å²) in [6, 6.07) is 0.919. The Bertz CT molecular complexity index is 299. The second kappa shape index (κ2) is 7.87. The number of alkyl carbamates (subject to hydrolysis) is 1. The molecule has 0 aromatic heterocycles. The van der Waals surface area contributed by atoms with E-state index in [-0.39, 0.29) is 6.09 Å². The van der Waals surface area contributed by atoms with Crippen LogP contribution in [0.1, 0.15) is 66.7 Å². The second-order valence-corrected chi connectivity index (χ2v) is 7.02. The molecule has 0 spiro atoms. The number of hydrogen-bond acceptors (Lipinski definition) is 3. The van der Waals surface area contributed by atoms with E-state index in [1.54, 1.807) is 0 Å². The predicted octanol–water partition coefficient (Wildman–Crippen LogP) is 3.46. The molecule has 1 aliphatic rings. The van der Waals surface area contributed by atoms with Gasteiger partial charge in [0.1, 0.15) is 5.60 Å². The Morgan fingerprint density at radius 2 is 1.95 bits per heavy atom. The summed E-state index contributed by atoms with van der Waals surface area (Å²) >= 11 is 0. The molecule has 0 radical (unpaired) electrons. The summed E-state index contributed by atoms with van der Waals surface area (Å²) < 4.78 is 5.27. The van der Waals surface area contributed by atoms with E-state index < -0.39 is 5.60 Å². The van der Waals surface area contributed by atoms with Crippen molar-refractivity contribution in [3.05, 3.63) is 0 Å². The SMILES string of the molecule is CCC(CNC(=O)OC(C)(C)C)NC1CCCCC1C. The lowest BCUT2D eigenvalue weighted by molar-refractivity contribution is 0.0520. The van der Waals surface area contributed by atoms with Gasteiger partial charge in [0.2, 0.25) is 0 Å². The van der Waals surface area contributed by atoms with Crippen molar-refractivity contribution in [3.8, 4) is 0 Å². The zero-order valence-electron chi connectivity index (χ0n) is 13.8. The van der Waals surface area contributed by atoms with Crippen LogP contribution in [-0.2, 0) is 4.74 Å². The Kier molecular flexibility index (Phi) is 6.80. The summed E-state index contributed by atoms with van der Waals surface area (Å²) in [6.45, 7) is 10.8. The molecule has 118 valence electrons. The first-order chi connectivity index (χ1) is 9.31. The molecule has 0 saturated heterocycles. The van der Waals surface area contributed by atoms with Crippen LogP contribution in [0.2, 0.25) is 0 Å². The van der Waals surface area contributed by atoms with Gasteiger partial charge in [0.15, 0.2) is 0 Å². The molecule has 4 heteroatoms. The number of carbonyl (C=O) groups is 1. The van der Waals surface area contributed by atoms with Gasteiger partial charge < -0.3 is 15.4 Å². The van der Waals surface area contributed by atoms with Crippen molar-refractivity contribution in [2.45, 2.75) is 84.4 Å². The highest BCUT2D eigenvalue weighted by molar-refractivity contribution is 5.67. The Morgan fingerprint density at radius 1 is 1.30 bits per heavy atom. The lowest BCUT2D eigenvalue weighted by Crippen LogP contribution is -2.48. The van der Waals surface area contributed by atoms with E-state index in [1.807, 2.05) is 20.8 Å². The topological polar surface area (TPSA) is 50.4 Å². The number of amides is 1. The van der Waals surface area contributed by atoms with Crippen LogP contribution in [0.3, 0.4) is 0 Å². The maximum Gasteiger partial charge on any atom is 0.407 e. The molecule has 4 nitrogen and oxygen atoms in total. The smallest absolute Gasteiger partial charge is 0.407 e. The summed E-state index contributed by atoms with van der Waals surface area (Å²) in [4.78, 5) is 11.7. The van der Waals surface area contributed by atoms with E-state index in [9.17, 15) is 4.79 Å². The Morgan fingerprint density at radius 3 is 2.50 bits per heavy atom. The summed E-state index contributed by atoms with van der Waals surface area (Å²) in [5, 5.41) is 6.57. The Balaban J connectivity index is 2.33. The van der Waals surface area contributed by atoms with Crippen molar-refractivity contribution in [2.24, 2.45) is 5.92 Å². The first-order valence-electron chi connectivity index (χ1n) is 8.04. The standard InChI is InChI=1S/C16H32N2O2/c1-6-13(11-17-15(19)20-16(3,4)5)18-14-10-8-7-9-12(14)2/h12-14,18H,6-11H2,1-5H3,(H,17,19). The van der Waals surface area contributed by atoms with Crippen LogP contribution in [0.25, 0.3) is 0 Å². The minimum Gasteiger partial charge on any atom is -0.444 e. The summed E-state index contributed by atoms with van der Waals surface area (Å²) in [6.07, 6.45) is 5.93. The van der Waals surface area contributed by atoms with E-state index in [0.717, 1.165) is 12.3 Å². The lowest BCUT2D eigenvalue weighted by Gasteiger charge is -2.33. The van der Waals surface area contributed by atoms with Gasteiger partial charge in [-0.3, -0.25) is 0 Å². The van der Waals surface area contributed by atoms with Crippen molar-refractivity contribution in [1.29, 1.82) is 0 Å². The molecule has 0 aromatic rings. The summed E-state index contributed by atoms with van der Waals surface area (Å²) in [5.74, 6) is 0.735. The van der Waals surface area contributed by atoms with Crippen molar-refractivity contribution in [2.75, 3.05) is 6.54 Å². The van der Waals surface area contributed by atoms with Crippen molar-refractivity contribution < 1.29 is 9.53 Å². The van der Waals surface area contributed by atoms with Crippen LogP contribution >= 0.6 is 0 Å². The number of rotatable bonds is 5. The van der Waals surface area contributed by atoms with E-state index in [2.05, 4.69) is 24.5 Å². The van der Waals surface area contributed by atoms with Gasteiger partial charge in [0.05, 0.1) is 0 Å². The number of hydrogen-bond donors (Lipinski definition) is 2. The lowest BCUT2D eigenvalue weighted by atomic mass is 9.85. The number of nitrogens with one attached hydrogen (secondary N) is 2. The molecule has 20 heavy (non-hydrogen) atoms. The second-order valence-electron chi connectivity index (χ2n) is 7.02. The van der Waals surface area contributed by atoms with Gasteiger partial charge in [-0.1, -0.05) is 26.7 Å². The number of ether oxygens (including phenoxy) is 1. The highest BCUT2D eigenvalue weighted by Crippen LogP contribution is 2.24. The fourth-order valence-corrected chi connectivity index (χ4v) is 2.71. The molecule has 3 unspecified atom stereocenters. The Labute approximate surface area is 124 Å². The van der Waals surface area contributed by atoms with Crippen molar-refractivity contribution in [1.82, 2.24) is 10.6 Å². The molecule has 1 amide bonds. The average molecular weight is 284 g/mol. The van der Waals surface area contributed by atoms with Crippen LogP contribution in [0.4, 0.5) is 4.79 Å². The van der Waals surface area contributed by atoms with Crippen LogP contribution < -0.4 is 10.6 Å².